The lowest BCUT2D eigenvalue weighted by Crippen LogP contribution is -2.22. The number of aryl methyl sites for hydroxylation is 1. The van der Waals surface area contributed by atoms with Crippen LogP contribution in [0.25, 0.3) is 0 Å². The summed E-state index contributed by atoms with van der Waals surface area (Å²) in [6.07, 6.45) is 0.938. The lowest BCUT2D eigenvalue weighted by atomic mass is 9.87. The highest BCUT2D eigenvalue weighted by molar-refractivity contribution is 6.31. The predicted molar refractivity (Wildman–Crippen MR) is 64.2 cm³/mol. The first-order valence-electron chi connectivity index (χ1n) is 5.15. The van der Waals surface area contributed by atoms with E-state index in [-0.39, 0.29) is 5.78 Å². The van der Waals surface area contributed by atoms with Crippen LogP contribution in [0, 0.1) is 16.7 Å². The number of carbonyl (C=O) groups is 1. The van der Waals surface area contributed by atoms with Gasteiger partial charge in [0.25, 0.3) is 0 Å². The number of carbonyl (C=O) groups excluding carboxylic acids is 1. The highest BCUT2D eigenvalue weighted by Gasteiger charge is 2.26. The molecule has 2 nitrogen and oxygen atoms in total. The summed E-state index contributed by atoms with van der Waals surface area (Å²) in [4.78, 5) is 11.7. The van der Waals surface area contributed by atoms with E-state index in [1.165, 1.54) is 0 Å². The predicted octanol–water partition coefficient (Wildman–Crippen LogP) is 3.39. The molecule has 1 rings (SSSR count). The Morgan fingerprint density at radius 2 is 2.06 bits per heavy atom. The van der Waals surface area contributed by atoms with Crippen LogP contribution in [-0.2, 0) is 11.2 Å². The molecule has 0 unspecified atom stereocenters. The SMILES string of the molecule is CC(C)(C#N)C(=O)CCc1ccccc1Cl. The number of nitriles is 1. The quantitative estimate of drug-likeness (QED) is 0.803. The van der Waals surface area contributed by atoms with Crippen LogP contribution in [0.5, 0.6) is 0 Å². The van der Waals surface area contributed by atoms with Gasteiger partial charge in [-0.2, -0.15) is 5.26 Å². The molecular formula is C13H14ClNO. The minimum atomic E-state index is -0.902. The molecule has 0 heterocycles. The molecule has 0 spiro atoms. The van der Waals surface area contributed by atoms with Crippen molar-refractivity contribution < 1.29 is 4.79 Å². The van der Waals surface area contributed by atoms with Gasteiger partial charge in [-0.15, -0.1) is 0 Å². The van der Waals surface area contributed by atoms with Gasteiger partial charge in [0.2, 0.25) is 0 Å². The number of hydrogen-bond donors (Lipinski definition) is 0. The maximum atomic E-state index is 11.7. The van der Waals surface area contributed by atoms with Crippen LogP contribution in [0.2, 0.25) is 5.02 Å². The summed E-state index contributed by atoms with van der Waals surface area (Å²) >= 11 is 5.98. The zero-order valence-electron chi connectivity index (χ0n) is 9.46. The zero-order chi connectivity index (χ0) is 12.2. The van der Waals surface area contributed by atoms with Crippen molar-refractivity contribution in [3.63, 3.8) is 0 Å². The fourth-order valence-electron chi connectivity index (χ4n) is 1.32. The normalized spacial score (nSPS) is 10.9. The smallest absolute Gasteiger partial charge is 0.152 e. The Hall–Kier alpha value is -1.33. The van der Waals surface area contributed by atoms with E-state index >= 15 is 0 Å². The molecule has 3 heteroatoms. The average molecular weight is 236 g/mol. The van der Waals surface area contributed by atoms with E-state index in [1.807, 2.05) is 24.3 Å². The van der Waals surface area contributed by atoms with E-state index in [4.69, 9.17) is 16.9 Å². The molecule has 0 bridgehead atoms. The summed E-state index contributed by atoms with van der Waals surface area (Å²) in [5, 5.41) is 9.49. The van der Waals surface area contributed by atoms with Gasteiger partial charge in [0.1, 0.15) is 5.41 Å². The van der Waals surface area contributed by atoms with Crippen LogP contribution in [0.15, 0.2) is 24.3 Å². The fourth-order valence-corrected chi connectivity index (χ4v) is 1.55. The van der Waals surface area contributed by atoms with Crippen LogP contribution in [-0.4, -0.2) is 5.78 Å². The highest BCUT2D eigenvalue weighted by atomic mass is 35.5. The lowest BCUT2D eigenvalue weighted by Gasteiger charge is -2.13. The molecule has 0 aliphatic heterocycles. The van der Waals surface area contributed by atoms with E-state index in [2.05, 4.69) is 0 Å². The molecular weight excluding hydrogens is 222 g/mol. The van der Waals surface area contributed by atoms with E-state index in [0.717, 1.165) is 5.56 Å². The van der Waals surface area contributed by atoms with Gasteiger partial charge in [0.15, 0.2) is 5.78 Å². The zero-order valence-corrected chi connectivity index (χ0v) is 10.2. The molecule has 0 N–H and O–H groups in total. The number of benzene rings is 1. The van der Waals surface area contributed by atoms with Gasteiger partial charge in [0.05, 0.1) is 6.07 Å². The van der Waals surface area contributed by atoms with Crippen molar-refractivity contribution in [1.29, 1.82) is 5.26 Å². The fraction of sp³-hybridized carbons (Fsp3) is 0.385. The number of hydrogen-bond acceptors (Lipinski definition) is 2. The van der Waals surface area contributed by atoms with Crippen LogP contribution >= 0.6 is 11.6 Å². The Morgan fingerprint density at radius 1 is 1.44 bits per heavy atom. The van der Waals surface area contributed by atoms with Crippen molar-refractivity contribution in [3.05, 3.63) is 34.9 Å². The number of rotatable bonds is 4. The minimum absolute atomic E-state index is 0.0464. The van der Waals surface area contributed by atoms with Crippen molar-refractivity contribution in [3.8, 4) is 6.07 Å². The first-order chi connectivity index (χ1) is 7.47. The van der Waals surface area contributed by atoms with Crippen LogP contribution in [0.4, 0.5) is 0 Å². The molecule has 0 radical (unpaired) electrons. The van der Waals surface area contributed by atoms with Crippen molar-refractivity contribution in [2.45, 2.75) is 26.7 Å². The van der Waals surface area contributed by atoms with Crippen molar-refractivity contribution >= 4 is 17.4 Å². The summed E-state index contributed by atoms with van der Waals surface area (Å²) in [5.41, 5.74) is 0.0487. The van der Waals surface area contributed by atoms with Gasteiger partial charge in [-0.25, -0.2) is 0 Å². The number of Topliss-reactive ketones (excluding diaryl/α,β-unsaturated/α-hetero) is 1. The average Bonchev–Trinajstić information content (AvgIpc) is 2.27. The van der Waals surface area contributed by atoms with E-state index in [0.29, 0.717) is 17.9 Å². The number of ketones is 1. The summed E-state index contributed by atoms with van der Waals surface area (Å²) in [7, 11) is 0. The van der Waals surface area contributed by atoms with Gasteiger partial charge in [0, 0.05) is 11.4 Å². The van der Waals surface area contributed by atoms with Crippen LogP contribution in [0.1, 0.15) is 25.8 Å². The molecule has 1 aromatic rings. The second-order valence-corrected chi connectivity index (χ2v) is 4.66. The molecule has 1 aromatic carbocycles. The molecule has 0 saturated carbocycles. The Balaban J connectivity index is 2.64. The van der Waals surface area contributed by atoms with Crippen molar-refractivity contribution in [2.75, 3.05) is 0 Å². The molecule has 0 aromatic heterocycles. The summed E-state index contributed by atoms with van der Waals surface area (Å²) in [5.74, 6) is -0.0464. The van der Waals surface area contributed by atoms with Gasteiger partial charge in [-0.3, -0.25) is 4.79 Å². The Kier molecular flexibility index (Phi) is 4.09. The monoisotopic (exact) mass is 235 g/mol. The second-order valence-electron chi connectivity index (χ2n) is 4.25. The van der Waals surface area contributed by atoms with Crippen LogP contribution in [0.3, 0.4) is 0 Å². The largest absolute Gasteiger partial charge is 0.298 e. The molecule has 0 fully saturated rings. The number of halogens is 1. The van der Waals surface area contributed by atoms with Crippen LogP contribution < -0.4 is 0 Å². The first-order valence-corrected chi connectivity index (χ1v) is 5.53. The topological polar surface area (TPSA) is 40.9 Å². The molecule has 0 aliphatic carbocycles. The Morgan fingerprint density at radius 3 is 2.62 bits per heavy atom. The summed E-state index contributed by atoms with van der Waals surface area (Å²) < 4.78 is 0. The standard InChI is InChI=1S/C13H14ClNO/c1-13(2,9-15)12(16)8-7-10-5-3-4-6-11(10)14/h3-6H,7-8H2,1-2H3. The molecule has 0 saturated heterocycles. The maximum Gasteiger partial charge on any atom is 0.152 e. The molecule has 0 amide bonds. The van der Waals surface area contributed by atoms with Crippen molar-refractivity contribution in [1.82, 2.24) is 0 Å². The number of nitrogens with zero attached hydrogens (tertiary/aromatic N) is 1. The van der Waals surface area contributed by atoms with Gasteiger partial charge >= 0.3 is 0 Å². The van der Waals surface area contributed by atoms with E-state index in [9.17, 15) is 4.79 Å². The van der Waals surface area contributed by atoms with Gasteiger partial charge in [-0.1, -0.05) is 29.8 Å². The third-order valence-corrected chi connectivity index (χ3v) is 2.92. The summed E-state index contributed by atoms with van der Waals surface area (Å²) in [6.45, 7) is 3.28. The van der Waals surface area contributed by atoms with E-state index < -0.39 is 5.41 Å². The molecule has 0 atom stereocenters. The summed E-state index contributed by atoms with van der Waals surface area (Å²) in [6, 6.07) is 9.45. The maximum absolute atomic E-state index is 11.7. The Bertz CT molecular complexity index is 432. The minimum Gasteiger partial charge on any atom is -0.298 e. The van der Waals surface area contributed by atoms with Gasteiger partial charge < -0.3 is 0 Å². The first kappa shape index (κ1) is 12.7. The van der Waals surface area contributed by atoms with Crippen molar-refractivity contribution in [2.24, 2.45) is 5.41 Å². The Labute approximate surface area is 101 Å². The molecule has 0 aliphatic rings. The highest BCUT2D eigenvalue weighted by Crippen LogP contribution is 2.21. The molecule has 16 heavy (non-hydrogen) atoms. The third-order valence-electron chi connectivity index (χ3n) is 2.56. The molecule has 84 valence electrons. The van der Waals surface area contributed by atoms with E-state index in [1.54, 1.807) is 19.9 Å². The third kappa shape index (κ3) is 3.08. The van der Waals surface area contributed by atoms with Gasteiger partial charge in [-0.05, 0) is 31.9 Å². The lowest BCUT2D eigenvalue weighted by molar-refractivity contribution is -0.124. The second kappa shape index (κ2) is 5.14.